The smallest absolute Gasteiger partial charge is 0.410 e. The Kier molecular flexibility index (Phi) is 4.98. The molecule has 106 valence electrons. The minimum Gasteiger partial charge on any atom is -0.444 e. The fourth-order valence-corrected chi connectivity index (χ4v) is 1.65. The third-order valence-electron chi connectivity index (χ3n) is 2.54. The SMILES string of the molecule is CC(C)(C)OC(=O)N1CCN(C(=O)NCC#N)CC1. The number of ether oxygens (including phenoxy) is 1. The molecule has 3 amide bonds. The van der Waals surface area contributed by atoms with Crippen molar-refractivity contribution in [2.45, 2.75) is 26.4 Å². The molecule has 0 aliphatic carbocycles. The monoisotopic (exact) mass is 268 g/mol. The summed E-state index contributed by atoms with van der Waals surface area (Å²) in [5.41, 5.74) is -0.515. The zero-order valence-corrected chi connectivity index (χ0v) is 11.6. The number of carbonyl (C=O) groups is 2. The molecule has 0 aromatic carbocycles. The lowest BCUT2D eigenvalue weighted by molar-refractivity contribution is 0.0170. The van der Waals surface area contributed by atoms with Crippen LogP contribution >= 0.6 is 0 Å². The summed E-state index contributed by atoms with van der Waals surface area (Å²) in [5, 5.41) is 10.9. The van der Waals surface area contributed by atoms with Crippen LogP contribution in [0.25, 0.3) is 0 Å². The Morgan fingerprint density at radius 2 is 1.74 bits per heavy atom. The first-order valence-corrected chi connectivity index (χ1v) is 6.21. The van der Waals surface area contributed by atoms with E-state index in [-0.39, 0.29) is 18.7 Å². The molecule has 0 radical (unpaired) electrons. The second-order valence-corrected chi connectivity index (χ2v) is 5.27. The number of carbonyl (C=O) groups excluding carboxylic acids is 2. The lowest BCUT2D eigenvalue weighted by Gasteiger charge is -2.35. The second-order valence-electron chi connectivity index (χ2n) is 5.27. The molecule has 0 bridgehead atoms. The Balaban J connectivity index is 2.39. The van der Waals surface area contributed by atoms with Gasteiger partial charge in [0.2, 0.25) is 0 Å². The summed E-state index contributed by atoms with van der Waals surface area (Å²) >= 11 is 0. The van der Waals surface area contributed by atoms with Crippen LogP contribution in [0.1, 0.15) is 20.8 Å². The highest BCUT2D eigenvalue weighted by Gasteiger charge is 2.27. The van der Waals surface area contributed by atoms with E-state index in [9.17, 15) is 9.59 Å². The third-order valence-corrected chi connectivity index (χ3v) is 2.54. The summed E-state index contributed by atoms with van der Waals surface area (Å²) in [6.45, 7) is 7.20. The van der Waals surface area contributed by atoms with Crippen molar-refractivity contribution in [1.29, 1.82) is 5.26 Å². The fourth-order valence-electron chi connectivity index (χ4n) is 1.65. The third kappa shape index (κ3) is 5.04. The number of hydrogen-bond acceptors (Lipinski definition) is 4. The zero-order valence-electron chi connectivity index (χ0n) is 11.6. The van der Waals surface area contributed by atoms with Gasteiger partial charge in [0.25, 0.3) is 0 Å². The second kappa shape index (κ2) is 6.27. The highest BCUT2D eigenvalue weighted by molar-refractivity contribution is 5.75. The van der Waals surface area contributed by atoms with Crippen LogP contribution in [-0.4, -0.2) is 60.2 Å². The number of piperazine rings is 1. The maximum absolute atomic E-state index is 11.8. The summed E-state index contributed by atoms with van der Waals surface area (Å²) in [6.07, 6.45) is -0.357. The Bertz CT molecular complexity index is 375. The quantitative estimate of drug-likeness (QED) is 0.712. The molecule has 1 heterocycles. The molecular formula is C12H20N4O3. The molecule has 0 saturated carbocycles. The Morgan fingerprint density at radius 1 is 1.21 bits per heavy atom. The highest BCUT2D eigenvalue weighted by atomic mass is 16.6. The van der Waals surface area contributed by atoms with Gasteiger partial charge in [-0.25, -0.2) is 9.59 Å². The average molecular weight is 268 g/mol. The van der Waals surface area contributed by atoms with E-state index in [1.807, 2.05) is 26.8 Å². The number of amides is 3. The van der Waals surface area contributed by atoms with E-state index in [1.54, 1.807) is 9.80 Å². The van der Waals surface area contributed by atoms with Crippen LogP contribution in [0.3, 0.4) is 0 Å². The van der Waals surface area contributed by atoms with Gasteiger partial charge in [-0.15, -0.1) is 0 Å². The molecule has 19 heavy (non-hydrogen) atoms. The van der Waals surface area contributed by atoms with Crippen molar-refractivity contribution in [3.8, 4) is 6.07 Å². The maximum Gasteiger partial charge on any atom is 0.410 e. The van der Waals surface area contributed by atoms with Gasteiger partial charge < -0.3 is 19.9 Å². The number of rotatable bonds is 1. The Morgan fingerprint density at radius 3 is 2.21 bits per heavy atom. The largest absolute Gasteiger partial charge is 0.444 e. The molecule has 0 aromatic heterocycles. The first-order valence-electron chi connectivity index (χ1n) is 6.21. The number of nitriles is 1. The van der Waals surface area contributed by atoms with Crippen LogP contribution in [0.5, 0.6) is 0 Å². The molecule has 0 aromatic rings. The van der Waals surface area contributed by atoms with Crippen molar-refractivity contribution >= 4 is 12.1 Å². The van der Waals surface area contributed by atoms with Crippen molar-refractivity contribution < 1.29 is 14.3 Å². The van der Waals surface area contributed by atoms with E-state index in [0.29, 0.717) is 26.2 Å². The van der Waals surface area contributed by atoms with E-state index in [1.165, 1.54) is 0 Å². The van der Waals surface area contributed by atoms with E-state index >= 15 is 0 Å². The standard InChI is InChI=1S/C12H20N4O3/c1-12(2,3)19-11(18)16-8-6-15(7-9-16)10(17)14-5-4-13/h5-9H2,1-3H3,(H,14,17). The molecule has 1 rings (SSSR count). The lowest BCUT2D eigenvalue weighted by atomic mass is 10.2. The number of urea groups is 1. The van der Waals surface area contributed by atoms with Crippen LogP contribution in [0.15, 0.2) is 0 Å². The van der Waals surface area contributed by atoms with Crippen molar-refractivity contribution in [3.05, 3.63) is 0 Å². The minimum atomic E-state index is -0.515. The van der Waals surface area contributed by atoms with E-state index in [4.69, 9.17) is 10.00 Å². The van der Waals surface area contributed by atoms with E-state index in [0.717, 1.165) is 0 Å². The van der Waals surface area contributed by atoms with Crippen molar-refractivity contribution in [1.82, 2.24) is 15.1 Å². The highest BCUT2D eigenvalue weighted by Crippen LogP contribution is 2.11. The number of nitrogens with one attached hydrogen (secondary N) is 1. The summed E-state index contributed by atoms with van der Waals surface area (Å²) in [5.74, 6) is 0. The first kappa shape index (κ1) is 15.1. The maximum atomic E-state index is 11.8. The Labute approximate surface area is 113 Å². The molecule has 7 nitrogen and oxygen atoms in total. The predicted molar refractivity (Wildman–Crippen MR) is 68.4 cm³/mol. The molecule has 0 spiro atoms. The van der Waals surface area contributed by atoms with Crippen LogP contribution in [0.2, 0.25) is 0 Å². The molecule has 0 atom stereocenters. The van der Waals surface area contributed by atoms with Gasteiger partial charge in [-0.2, -0.15) is 5.26 Å². The lowest BCUT2D eigenvalue weighted by Crippen LogP contribution is -2.53. The number of nitrogens with zero attached hydrogens (tertiary/aromatic N) is 3. The van der Waals surface area contributed by atoms with Crippen molar-refractivity contribution in [3.63, 3.8) is 0 Å². The molecule has 1 aliphatic rings. The van der Waals surface area contributed by atoms with Gasteiger partial charge in [-0.05, 0) is 20.8 Å². The first-order chi connectivity index (χ1) is 8.83. The van der Waals surface area contributed by atoms with Crippen molar-refractivity contribution in [2.75, 3.05) is 32.7 Å². The molecular weight excluding hydrogens is 248 g/mol. The Hall–Kier alpha value is -1.97. The van der Waals surface area contributed by atoms with E-state index in [2.05, 4.69) is 5.32 Å². The van der Waals surface area contributed by atoms with Crippen molar-refractivity contribution in [2.24, 2.45) is 0 Å². The molecule has 7 heteroatoms. The van der Waals surface area contributed by atoms with Gasteiger partial charge >= 0.3 is 12.1 Å². The molecule has 1 N–H and O–H groups in total. The van der Waals surface area contributed by atoms with Gasteiger partial charge in [-0.3, -0.25) is 0 Å². The summed E-state index contributed by atoms with van der Waals surface area (Å²) in [6, 6.07) is 1.57. The summed E-state index contributed by atoms with van der Waals surface area (Å²) in [4.78, 5) is 26.6. The summed E-state index contributed by atoms with van der Waals surface area (Å²) < 4.78 is 5.26. The van der Waals surface area contributed by atoms with E-state index < -0.39 is 5.60 Å². The topological polar surface area (TPSA) is 85.7 Å². The minimum absolute atomic E-state index is 0.00882. The molecule has 1 saturated heterocycles. The molecule has 0 unspecified atom stereocenters. The average Bonchev–Trinajstić information content (AvgIpc) is 2.34. The molecule has 1 fully saturated rings. The van der Waals surface area contributed by atoms with Gasteiger partial charge in [0.1, 0.15) is 12.1 Å². The van der Waals surface area contributed by atoms with Gasteiger partial charge in [0, 0.05) is 26.2 Å². The van der Waals surface area contributed by atoms with Crippen LogP contribution in [0, 0.1) is 11.3 Å². The van der Waals surface area contributed by atoms with Gasteiger partial charge in [-0.1, -0.05) is 0 Å². The fraction of sp³-hybridized carbons (Fsp3) is 0.750. The zero-order chi connectivity index (χ0) is 14.5. The van der Waals surface area contributed by atoms with Crippen LogP contribution in [-0.2, 0) is 4.74 Å². The van der Waals surface area contributed by atoms with Gasteiger partial charge in [0.05, 0.1) is 6.07 Å². The predicted octanol–water partition coefficient (Wildman–Crippen LogP) is 0.772. The normalized spacial score (nSPS) is 15.7. The van der Waals surface area contributed by atoms with Gasteiger partial charge in [0.15, 0.2) is 0 Å². The molecule has 1 aliphatic heterocycles. The summed E-state index contributed by atoms with van der Waals surface area (Å²) in [7, 11) is 0. The van der Waals surface area contributed by atoms with Crippen LogP contribution in [0.4, 0.5) is 9.59 Å². The van der Waals surface area contributed by atoms with Crippen LogP contribution < -0.4 is 5.32 Å². The number of hydrogen-bond donors (Lipinski definition) is 1.